The second-order valence-corrected chi connectivity index (χ2v) is 5.08. The van der Waals surface area contributed by atoms with Crippen LogP contribution in [-0.4, -0.2) is 20.2 Å². The van der Waals surface area contributed by atoms with Gasteiger partial charge in [0.1, 0.15) is 18.7 Å². The molecular weight excluding hydrogens is 320 g/mol. The van der Waals surface area contributed by atoms with Crippen LogP contribution in [0.4, 0.5) is 0 Å². The third kappa shape index (κ3) is 3.03. The Morgan fingerprint density at radius 3 is 2.65 bits per heavy atom. The van der Waals surface area contributed by atoms with Crippen molar-refractivity contribution >= 4 is 15.9 Å². The van der Waals surface area contributed by atoms with Gasteiger partial charge in [0.25, 0.3) is 0 Å². The van der Waals surface area contributed by atoms with Crippen LogP contribution < -0.4 is 4.74 Å². The van der Waals surface area contributed by atoms with Crippen LogP contribution in [0.1, 0.15) is 5.56 Å². The molecule has 0 aliphatic rings. The highest BCUT2D eigenvalue weighted by atomic mass is 79.9. The van der Waals surface area contributed by atoms with Gasteiger partial charge in [-0.1, -0.05) is 28.1 Å². The molecule has 0 aliphatic heterocycles. The molecule has 1 aromatic heterocycles. The molecule has 20 heavy (non-hydrogen) atoms. The second kappa shape index (κ2) is 5.83. The van der Waals surface area contributed by atoms with Crippen LogP contribution in [0.3, 0.4) is 0 Å². The van der Waals surface area contributed by atoms with Gasteiger partial charge in [-0.3, -0.25) is 0 Å². The van der Waals surface area contributed by atoms with Gasteiger partial charge < -0.3 is 4.74 Å². The first kappa shape index (κ1) is 12.8. The minimum absolute atomic E-state index is 0.531. The third-order valence-electron chi connectivity index (χ3n) is 2.74. The summed E-state index contributed by atoms with van der Waals surface area (Å²) < 4.78 is 8.38. The van der Waals surface area contributed by atoms with Crippen molar-refractivity contribution in [3.8, 4) is 11.4 Å². The van der Waals surface area contributed by atoms with Crippen molar-refractivity contribution in [2.24, 2.45) is 0 Å². The molecule has 3 aromatic rings. The average Bonchev–Trinajstić information content (AvgIpc) is 3.00. The topological polar surface area (TPSA) is 52.8 Å². The summed E-state index contributed by atoms with van der Waals surface area (Å²) in [6.07, 6.45) is 1.55. The third-order valence-corrected chi connectivity index (χ3v) is 3.24. The maximum absolute atomic E-state index is 5.74. The molecule has 0 saturated heterocycles. The van der Waals surface area contributed by atoms with E-state index in [0.29, 0.717) is 6.61 Å². The molecule has 0 fully saturated rings. The highest BCUT2D eigenvalue weighted by Crippen LogP contribution is 2.17. The van der Waals surface area contributed by atoms with E-state index in [9.17, 15) is 0 Å². The van der Waals surface area contributed by atoms with Gasteiger partial charge in [-0.15, -0.1) is 5.10 Å². The fourth-order valence-electron chi connectivity index (χ4n) is 1.77. The number of tetrazole rings is 1. The van der Waals surface area contributed by atoms with Gasteiger partial charge in [-0.05, 0) is 52.4 Å². The van der Waals surface area contributed by atoms with Crippen molar-refractivity contribution in [1.82, 2.24) is 20.2 Å². The number of aromatic nitrogens is 4. The zero-order chi connectivity index (χ0) is 13.8. The van der Waals surface area contributed by atoms with E-state index in [4.69, 9.17) is 4.74 Å². The predicted octanol–water partition coefficient (Wildman–Crippen LogP) is 3.00. The molecule has 0 aliphatic carbocycles. The Bertz CT molecular complexity index is 683. The quantitative estimate of drug-likeness (QED) is 0.737. The first-order valence-corrected chi connectivity index (χ1v) is 6.81. The molecule has 100 valence electrons. The van der Waals surface area contributed by atoms with Crippen molar-refractivity contribution in [2.45, 2.75) is 6.61 Å². The minimum Gasteiger partial charge on any atom is -0.489 e. The zero-order valence-corrected chi connectivity index (χ0v) is 12.1. The maximum Gasteiger partial charge on any atom is 0.143 e. The number of hydrogen-bond donors (Lipinski definition) is 0. The molecule has 0 spiro atoms. The zero-order valence-electron chi connectivity index (χ0n) is 10.5. The van der Waals surface area contributed by atoms with Crippen molar-refractivity contribution < 1.29 is 4.74 Å². The molecule has 0 atom stereocenters. The van der Waals surface area contributed by atoms with Gasteiger partial charge in [0.15, 0.2) is 0 Å². The normalized spacial score (nSPS) is 10.4. The molecule has 0 N–H and O–H groups in total. The van der Waals surface area contributed by atoms with Gasteiger partial charge in [-0.2, -0.15) is 0 Å². The summed E-state index contributed by atoms with van der Waals surface area (Å²) in [5, 5.41) is 11.0. The van der Waals surface area contributed by atoms with E-state index in [0.717, 1.165) is 21.5 Å². The number of hydrogen-bond acceptors (Lipinski definition) is 4. The summed E-state index contributed by atoms with van der Waals surface area (Å²) in [6, 6.07) is 15.7. The molecule has 0 saturated carbocycles. The fourth-order valence-corrected chi connectivity index (χ4v) is 2.21. The van der Waals surface area contributed by atoms with Gasteiger partial charge in [0.2, 0.25) is 0 Å². The van der Waals surface area contributed by atoms with Gasteiger partial charge in [0.05, 0.1) is 5.69 Å². The molecule has 6 heteroatoms. The lowest BCUT2D eigenvalue weighted by molar-refractivity contribution is 0.306. The van der Waals surface area contributed by atoms with Crippen LogP contribution in [0.25, 0.3) is 5.69 Å². The average molecular weight is 331 g/mol. The molecule has 0 unspecified atom stereocenters. The fraction of sp³-hybridized carbons (Fsp3) is 0.0714. The van der Waals surface area contributed by atoms with Crippen LogP contribution in [0.15, 0.2) is 59.3 Å². The Morgan fingerprint density at radius 2 is 1.95 bits per heavy atom. The SMILES string of the molecule is Brc1cccc(COc2ccc(-n3cnnn3)cc2)c1. The van der Waals surface area contributed by atoms with Crippen molar-refractivity contribution in [3.05, 3.63) is 64.9 Å². The molecule has 2 aromatic carbocycles. The molecule has 3 rings (SSSR count). The van der Waals surface area contributed by atoms with E-state index < -0.39 is 0 Å². The number of benzene rings is 2. The van der Waals surface area contributed by atoms with Crippen molar-refractivity contribution in [2.75, 3.05) is 0 Å². The van der Waals surface area contributed by atoms with Crippen LogP contribution in [0, 0.1) is 0 Å². The van der Waals surface area contributed by atoms with Crippen LogP contribution >= 0.6 is 15.9 Å². The smallest absolute Gasteiger partial charge is 0.143 e. The van der Waals surface area contributed by atoms with Gasteiger partial charge >= 0.3 is 0 Å². The Hall–Kier alpha value is -2.21. The molecule has 0 bridgehead atoms. The number of ether oxygens (including phenoxy) is 1. The van der Waals surface area contributed by atoms with Crippen LogP contribution in [-0.2, 0) is 6.61 Å². The van der Waals surface area contributed by atoms with Crippen molar-refractivity contribution in [3.63, 3.8) is 0 Å². The van der Waals surface area contributed by atoms with E-state index in [2.05, 4.69) is 31.5 Å². The summed E-state index contributed by atoms with van der Waals surface area (Å²) in [5.74, 6) is 0.807. The summed E-state index contributed by atoms with van der Waals surface area (Å²) in [7, 11) is 0. The Labute approximate surface area is 124 Å². The highest BCUT2D eigenvalue weighted by Gasteiger charge is 2.00. The largest absolute Gasteiger partial charge is 0.489 e. The first-order valence-electron chi connectivity index (χ1n) is 6.02. The molecule has 1 heterocycles. The summed E-state index contributed by atoms with van der Waals surface area (Å²) in [6.45, 7) is 0.531. The standard InChI is InChI=1S/C14H11BrN4O/c15-12-3-1-2-11(8-12)9-20-14-6-4-13(5-7-14)19-10-16-17-18-19/h1-8,10H,9H2. The summed E-state index contributed by atoms with van der Waals surface area (Å²) >= 11 is 3.44. The molecule has 0 amide bonds. The maximum atomic E-state index is 5.74. The van der Waals surface area contributed by atoms with Crippen molar-refractivity contribution in [1.29, 1.82) is 0 Å². The monoisotopic (exact) mass is 330 g/mol. The lowest BCUT2D eigenvalue weighted by Gasteiger charge is -2.07. The Balaban J connectivity index is 1.67. The second-order valence-electron chi connectivity index (χ2n) is 4.17. The van der Waals surface area contributed by atoms with Gasteiger partial charge in [-0.25, -0.2) is 4.68 Å². The Kier molecular flexibility index (Phi) is 3.73. The van der Waals surface area contributed by atoms with E-state index in [1.165, 1.54) is 0 Å². The minimum atomic E-state index is 0.531. The number of rotatable bonds is 4. The molecule has 0 radical (unpaired) electrons. The first-order chi connectivity index (χ1) is 9.81. The Morgan fingerprint density at radius 1 is 1.10 bits per heavy atom. The van der Waals surface area contributed by atoms with E-state index >= 15 is 0 Å². The molecule has 5 nitrogen and oxygen atoms in total. The number of nitrogens with zero attached hydrogens (tertiary/aromatic N) is 4. The van der Waals surface area contributed by atoms with Crippen LogP contribution in [0.5, 0.6) is 5.75 Å². The predicted molar refractivity (Wildman–Crippen MR) is 77.6 cm³/mol. The summed E-state index contributed by atoms with van der Waals surface area (Å²) in [5.41, 5.74) is 2.01. The lowest BCUT2D eigenvalue weighted by Crippen LogP contribution is -1.97. The van der Waals surface area contributed by atoms with Gasteiger partial charge in [0, 0.05) is 4.47 Å². The van der Waals surface area contributed by atoms with E-state index in [-0.39, 0.29) is 0 Å². The number of halogens is 1. The molecular formula is C14H11BrN4O. The van der Waals surface area contributed by atoms with E-state index in [1.807, 2.05) is 48.5 Å². The summed E-state index contributed by atoms with van der Waals surface area (Å²) in [4.78, 5) is 0. The highest BCUT2D eigenvalue weighted by molar-refractivity contribution is 9.10. The van der Waals surface area contributed by atoms with E-state index in [1.54, 1.807) is 11.0 Å². The van der Waals surface area contributed by atoms with Crippen LogP contribution in [0.2, 0.25) is 0 Å². The lowest BCUT2D eigenvalue weighted by atomic mass is 10.2.